The van der Waals surface area contributed by atoms with Gasteiger partial charge in [-0.15, -0.1) is 0 Å². The number of nitrogens with two attached hydrogens (primary N) is 1. The molecule has 0 spiro atoms. The van der Waals surface area contributed by atoms with Crippen molar-refractivity contribution >= 4 is 28.7 Å². The van der Waals surface area contributed by atoms with Crippen LogP contribution in [0.2, 0.25) is 0 Å². The third kappa shape index (κ3) is 2.11. The van der Waals surface area contributed by atoms with Gasteiger partial charge in [-0.05, 0) is 0 Å². The number of piperazine rings is 1. The number of hydrogen-bond acceptors (Lipinski definition) is 7. The van der Waals surface area contributed by atoms with E-state index in [1.54, 1.807) is 13.1 Å². The monoisotopic (exact) mass is 276 g/mol. The summed E-state index contributed by atoms with van der Waals surface area (Å²) in [6.45, 7) is 4.40. The van der Waals surface area contributed by atoms with Crippen molar-refractivity contribution in [2.45, 2.75) is 6.92 Å². The summed E-state index contributed by atoms with van der Waals surface area (Å²) in [7, 11) is 0. The highest BCUT2D eigenvalue weighted by molar-refractivity contribution is 5.87. The molecule has 4 N–H and O–H groups in total. The van der Waals surface area contributed by atoms with Gasteiger partial charge in [0.1, 0.15) is 5.82 Å². The standard InChI is InChI=1S/C11H16N8O/c1-7(20)18-2-4-19(5-3-18)10-8-6-13-17-9(8)14-11(15-10)16-12/h6H,2-5,12H2,1H3,(H2,13,14,15,16,17). The average Bonchev–Trinajstić information content (AvgIpc) is 2.94. The van der Waals surface area contributed by atoms with Gasteiger partial charge < -0.3 is 9.80 Å². The molecule has 1 saturated heterocycles. The molecule has 9 heteroatoms. The number of hydrogen-bond donors (Lipinski definition) is 3. The lowest BCUT2D eigenvalue weighted by Gasteiger charge is -2.35. The Morgan fingerprint density at radius 1 is 1.35 bits per heavy atom. The molecular weight excluding hydrogens is 260 g/mol. The number of carbonyl (C=O) groups is 1. The Morgan fingerprint density at radius 2 is 2.10 bits per heavy atom. The molecular formula is C11H16N8O. The van der Waals surface area contributed by atoms with Crippen molar-refractivity contribution in [3.63, 3.8) is 0 Å². The number of rotatable bonds is 2. The molecule has 0 aromatic carbocycles. The predicted octanol–water partition coefficient (Wildman–Crippen LogP) is -0.693. The molecule has 0 unspecified atom stereocenters. The number of aromatic amines is 1. The minimum Gasteiger partial charge on any atom is -0.352 e. The second kappa shape index (κ2) is 4.93. The number of nitrogen functional groups attached to an aromatic ring is 1. The number of anilines is 2. The van der Waals surface area contributed by atoms with Crippen molar-refractivity contribution in [3.8, 4) is 0 Å². The van der Waals surface area contributed by atoms with E-state index < -0.39 is 0 Å². The molecule has 1 aliphatic rings. The number of nitrogens with one attached hydrogen (secondary N) is 2. The molecule has 1 aliphatic heterocycles. The van der Waals surface area contributed by atoms with E-state index in [2.05, 4.69) is 30.5 Å². The van der Waals surface area contributed by atoms with E-state index in [9.17, 15) is 4.79 Å². The van der Waals surface area contributed by atoms with E-state index in [0.717, 1.165) is 24.3 Å². The van der Waals surface area contributed by atoms with Gasteiger partial charge in [0.25, 0.3) is 0 Å². The van der Waals surface area contributed by atoms with Crippen LogP contribution in [0.3, 0.4) is 0 Å². The maximum absolute atomic E-state index is 11.4. The summed E-state index contributed by atoms with van der Waals surface area (Å²) in [6, 6.07) is 0. The molecule has 20 heavy (non-hydrogen) atoms. The molecule has 0 atom stereocenters. The van der Waals surface area contributed by atoms with E-state index in [-0.39, 0.29) is 5.91 Å². The van der Waals surface area contributed by atoms with Crippen molar-refractivity contribution in [1.29, 1.82) is 0 Å². The van der Waals surface area contributed by atoms with Gasteiger partial charge >= 0.3 is 0 Å². The van der Waals surface area contributed by atoms with Crippen LogP contribution in [0.5, 0.6) is 0 Å². The van der Waals surface area contributed by atoms with Crippen LogP contribution in [0, 0.1) is 0 Å². The number of amides is 1. The largest absolute Gasteiger partial charge is 0.352 e. The van der Waals surface area contributed by atoms with Gasteiger partial charge in [-0.25, -0.2) is 5.84 Å². The fourth-order valence-corrected chi connectivity index (χ4v) is 2.36. The van der Waals surface area contributed by atoms with E-state index in [1.807, 2.05) is 4.90 Å². The molecule has 0 aliphatic carbocycles. The smallest absolute Gasteiger partial charge is 0.241 e. The first-order valence-corrected chi connectivity index (χ1v) is 6.37. The van der Waals surface area contributed by atoms with Crippen LogP contribution in [0.15, 0.2) is 6.20 Å². The number of aromatic nitrogens is 4. The summed E-state index contributed by atoms with van der Waals surface area (Å²) in [5.74, 6) is 6.61. The van der Waals surface area contributed by atoms with E-state index in [4.69, 9.17) is 5.84 Å². The van der Waals surface area contributed by atoms with Gasteiger partial charge in [0.05, 0.1) is 11.6 Å². The van der Waals surface area contributed by atoms with Gasteiger partial charge in [-0.3, -0.25) is 15.3 Å². The van der Waals surface area contributed by atoms with Crippen LogP contribution >= 0.6 is 0 Å². The predicted molar refractivity (Wildman–Crippen MR) is 74.0 cm³/mol. The van der Waals surface area contributed by atoms with E-state index in [1.165, 1.54) is 0 Å². The Kier molecular flexibility index (Phi) is 3.11. The van der Waals surface area contributed by atoms with Gasteiger partial charge in [0, 0.05) is 33.1 Å². The fraction of sp³-hybridized carbons (Fsp3) is 0.455. The summed E-state index contributed by atoms with van der Waals surface area (Å²) < 4.78 is 0. The molecule has 1 amide bonds. The molecule has 3 rings (SSSR count). The highest BCUT2D eigenvalue weighted by Gasteiger charge is 2.22. The molecule has 0 radical (unpaired) electrons. The Morgan fingerprint density at radius 3 is 2.75 bits per heavy atom. The molecule has 9 nitrogen and oxygen atoms in total. The molecule has 0 bridgehead atoms. The van der Waals surface area contributed by atoms with E-state index in [0.29, 0.717) is 24.7 Å². The van der Waals surface area contributed by atoms with Crippen LogP contribution in [0.25, 0.3) is 11.0 Å². The van der Waals surface area contributed by atoms with E-state index >= 15 is 0 Å². The van der Waals surface area contributed by atoms with Crippen molar-refractivity contribution in [2.75, 3.05) is 36.5 Å². The van der Waals surface area contributed by atoms with Crippen molar-refractivity contribution < 1.29 is 4.79 Å². The molecule has 106 valence electrons. The lowest BCUT2D eigenvalue weighted by atomic mass is 10.3. The number of hydrazine groups is 1. The first-order valence-electron chi connectivity index (χ1n) is 6.37. The Bertz CT molecular complexity index is 630. The Balaban J connectivity index is 1.90. The van der Waals surface area contributed by atoms with Gasteiger partial charge in [0.2, 0.25) is 11.9 Å². The quantitative estimate of drug-likeness (QED) is 0.491. The number of nitrogens with zero attached hydrogens (tertiary/aromatic N) is 5. The number of fused-ring (bicyclic) bond motifs is 1. The Labute approximate surface area is 115 Å². The minimum absolute atomic E-state index is 0.102. The van der Waals surface area contributed by atoms with Crippen LogP contribution in [0.4, 0.5) is 11.8 Å². The van der Waals surface area contributed by atoms with Crippen molar-refractivity contribution in [3.05, 3.63) is 6.20 Å². The van der Waals surface area contributed by atoms with Gasteiger partial charge in [0.15, 0.2) is 5.65 Å². The maximum atomic E-state index is 11.4. The first kappa shape index (κ1) is 12.6. The zero-order valence-corrected chi connectivity index (χ0v) is 11.1. The Hall–Kier alpha value is -2.42. The second-order valence-corrected chi connectivity index (χ2v) is 4.64. The van der Waals surface area contributed by atoms with Gasteiger partial charge in [-0.2, -0.15) is 15.1 Å². The molecule has 1 fully saturated rings. The molecule has 2 aromatic rings. The zero-order valence-electron chi connectivity index (χ0n) is 11.1. The fourth-order valence-electron chi connectivity index (χ4n) is 2.36. The summed E-state index contributed by atoms with van der Waals surface area (Å²) in [6.07, 6.45) is 1.70. The maximum Gasteiger partial charge on any atom is 0.241 e. The van der Waals surface area contributed by atoms with Gasteiger partial charge in [-0.1, -0.05) is 0 Å². The first-order chi connectivity index (χ1) is 9.69. The number of H-pyrrole nitrogens is 1. The normalized spacial score (nSPS) is 15.7. The summed E-state index contributed by atoms with van der Waals surface area (Å²) in [5.41, 5.74) is 3.09. The zero-order chi connectivity index (χ0) is 14.1. The summed E-state index contributed by atoms with van der Waals surface area (Å²) in [5, 5.41) is 7.65. The highest BCUT2D eigenvalue weighted by atomic mass is 16.2. The molecule has 0 saturated carbocycles. The van der Waals surface area contributed by atoms with Crippen LogP contribution in [-0.2, 0) is 4.79 Å². The highest BCUT2D eigenvalue weighted by Crippen LogP contribution is 2.24. The summed E-state index contributed by atoms with van der Waals surface area (Å²) >= 11 is 0. The molecule has 2 aromatic heterocycles. The minimum atomic E-state index is 0.102. The topological polar surface area (TPSA) is 116 Å². The van der Waals surface area contributed by atoms with Crippen LogP contribution in [0.1, 0.15) is 6.92 Å². The second-order valence-electron chi connectivity index (χ2n) is 4.64. The lowest BCUT2D eigenvalue weighted by Crippen LogP contribution is -2.48. The van der Waals surface area contributed by atoms with Crippen molar-refractivity contribution in [1.82, 2.24) is 25.1 Å². The van der Waals surface area contributed by atoms with Crippen molar-refractivity contribution in [2.24, 2.45) is 5.84 Å². The number of carbonyl (C=O) groups excluding carboxylic acids is 1. The van der Waals surface area contributed by atoms with Crippen LogP contribution < -0.4 is 16.2 Å². The van der Waals surface area contributed by atoms with Crippen LogP contribution in [-0.4, -0.2) is 57.2 Å². The third-order valence-electron chi connectivity index (χ3n) is 3.44. The lowest BCUT2D eigenvalue weighted by molar-refractivity contribution is -0.129. The third-order valence-corrected chi connectivity index (χ3v) is 3.44. The average molecular weight is 276 g/mol. The molecule has 3 heterocycles. The summed E-state index contributed by atoms with van der Waals surface area (Å²) in [4.78, 5) is 23.9. The SMILES string of the molecule is CC(=O)N1CCN(c2nc(NN)nc3[nH]ncc23)CC1.